The number of aromatic nitrogens is 1. The molecule has 1 N–H and O–H groups in total. The fourth-order valence-electron chi connectivity index (χ4n) is 3.49. The molecule has 1 amide bonds. The first kappa shape index (κ1) is 18.6. The standard InChI is InChI=1S/C20H21N3O4S/c1-14-12-19(22-27-14)21-20(24)16-8-10-23(11-9-16)28(25,26)18-7-6-15-4-2-3-5-17(15)13-18/h2-7,12-13,16H,8-11H2,1H3,(H,21,22,24). The average molecular weight is 399 g/mol. The topological polar surface area (TPSA) is 92.5 Å². The number of nitrogens with one attached hydrogen (secondary N) is 1. The van der Waals surface area contributed by atoms with E-state index in [1.807, 2.05) is 30.3 Å². The summed E-state index contributed by atoms with van der Waals surface area (Å²) in [4.78, 5) is 12.7. The van der Waals surface area contributed by atoms with Gasteiger partial charge in [-0.2, -0.15) is 4.31 Å². The van der Waals surface area contributed by atoms with E-state index < -0.39 is 10.0 Å². The van der Waals surface area contributed by atoms with Gasteiger partial charge in [0.2, 0.25) is 15.9 Å². The van der Waals surface area contributed by atoms with Crippen LogP contribution in [0.5, 0.6) is 0 Å². The van der Waals surface area contributed by atoms with Crippen LogP contribution in [-0.2, 0) is 14.8 Å². The minimum atomic E-state index is -3.58. The number of fused-ring (bicyclic) bond motifs is 1. The second-order valence-electron chi connectivity index (χ2n) is 7.00. The van der Waals surface area contributed by atoms with Crippen molar-refractivity contribution in [3.05, 3.63) is 54.3 Å². The fourth-order valence-corrected chi connectivity index (χ4v) is 4.99. The Morgan fingerprint density at radius 1 is 1.11 bits per heavy atom. The smallest absolute Gasteiger partial charge is 0.243 e. The monoisotopic (exact) mass is 399 g/mol. The van der Waals surface area contributed by atoms with Crippen LogP contribution in [0.1, 0.15) is 18.6 Å². The molecule has 4 rings (SSSR count). The summed E-state index contributed by atoms with van der Waals surface area (Å²) in [6, 6.07) is 14.5. The number of aryl methyl sites for hydroxylation is 1. The van der Waals surface area contributed by atoms with Gasteiger partial charge in [0.15, 0.2) is 5.82 Å². The quantitative estimate of drug-likeness (QED) is 0.727. The maximum absolute atomic E-state index is 13.0. The van der Waals surface area contributed by atoms with Crippen LogP contribution in [0.25, 0.3) is 10.8 Å². The van der Waals surface area contributed by atoms with E-state index in [1.165, 1.54) is 4.31 Å². The van der Waals surface area contributed by atoms with E-state index in [0.29, 0.717) is 37.5 Å². The number of piperidine rings is 1. The first-order chi connectivity index (χ1) is 13.4. The summed E-state index contributed by atoms with van der Waals surface area (Å²) in [7, 11) is -3.58. The van der Waals surface area contributed by atoms with Gasteiger partial charge in [-0.05, 0) is 42.7 Å². The minimum absolute atomic E-state index is 0.156. The Balaban J connectivity index is 1.43. The molecule has 146 valence electrons. The molecule has 1 fully saturated rings. The molecule has 1 aromatic heterocycles. The maximum Gasteiger partial charge on any atom is 0.243 e. The third-order valence-corrected chi connectivity index (χ3v) is 6.96. The predicted molar refractivity (Wildman–Crippen MR) is 105 cm³/mol. The van der Waals surface area contributed by atoms with Gasteiger partial charge >= 0.3 is 0 Å². The molecule has 2 heterocycles. The summed E-state index contributed by atoms with van der Waals surface area (Å²) < 4.78 is 32.4. The number of sulfonamides is 1. The van der Waals surface area contributed by atoms with E-state index in [2.05, 4.69) is 10.5 Å². The molecule has 1 aliphatic heterocycles. The highest BCUT2D eigenvalue weighted by atomic mass is 32.2. The van der Waals surface area contributed by atoms with Gasteiger partial charge in [0, 0.05) is 25.1 Å². The van der Waals surface area contributed by atoms with Gasteiger partial charge in [0.1, 0.15) is 5.76 Å². The Bertz CT molecular complexity index is 1120. The Morgan fingerprint density at radius 3 is 2.50 bits per heavy atom. The van der Waals surface area contributed by atoms with Crippen molar-refractivity contribution in [3.8, 4) is 0 Å². The lowest BCUT2D eigenvalue weighted by atomic mass is 9.97. The lowest BCUT2D eigenvalue weighted by Gasteiger charge is -2.30. The molecule has 0 aliphatic carbocycles. The SMILES string of the molecule is Cc1cc(NC(=O)C2CCN(S(=O)(=O)c3ccc4ccccc4c3)CC2)no1. The van der Waals surface area contributed by atoms with Crippen LogP contribution in [0.15, 0.2) is 57.9 Å². The van der Waals surface area contributed by atoms with Crippen LogP contribution in [0.4, 0.5) is 5.82 Å². The van der Waals surface area contributed by atoms with Crippen molar-refractivity contribution in [2.45, 2.75) is 24.7 Å². The third kappa shape index (κ3) is 3.65. The number of hydrogen-bond acceptors (Lipinski definition) is 5. The Hall–Kier alpha value is -2.71. The molecule has 0 unspecified atom stereocenters. The summed E-state index contributed by atoms with van der Waals surface area (Å²) in [5.74, 6) is 0.594. The van der Waals surface area contributed by atoms with Crippen molar-refractivity contribution in [2.24, 2.45) is 5.92 Å². The highest BCUT2D eigenvalue weighted by molar-refractivity contribution is 7.89. The second kappa shape index (κ2) is 7.37. The first-order valence-corrected chi connectivity index (χ1v) is 10.6. The molecule has 0 saturated carbocycles. The molecule has 7 nitrogen and oxygen atoms in total. The van der Waals surface area contributed by atoms with Gasteiger partial charge < -0.3 is 9.84 Å². The molecule has 0 spiro atoms. The molecule has 1 aliphatic rings. The van der Waals surface area contributed by atoms with Crippen molar-refractivity contribution >= 4 is 32.5 Å². The highest BCUT2D eigenvalue weighted by Crippen LogP contribution is 2.27. The second-order valence-corrected chi connectivity index (χ2v) is 8.94. The molecule has 3 aromatic rings. The number of carbonyl (C=O) groups excluding carboxylic acids is 1. The van der Waals surface area contributed by atoms with Gasteiger partial charge in [-0.1, -0.05) is 35.5 Å². The van der Waals surface area contributed by atoms with Gasteiger partial charge in [-0.25, -0.2) is 8.42 Å². The van der Waals surface area contributed by atoms with Crippen LogP contribution < -0.4 is 5.32 Å². The average Bonchev–Trinajstić information content (AvgIpc) is 3.12. The Labute approximate surface area is 163 Å². The number of benzene rings is 2. The lowest BCUT2D eigenvalue weighted by molar-refractivity contribution is -0.120. The summed E-state index contributed by atoms with van der Waals surface area (Å²) in [6.45, 7) is 2.37. The van der Waals surface area contributed by atoms with Crippen molar-refractivity contribution in [3.63, 3.8) is 0 Å². The summed E-state index contributed by atoms with van der Waals surface area (Å²) in [5, 5.41) is 8.37. The Kier molecular flexibility index (Phi) is 4.91. The van der Waals surface area contributed by atoms with Gasteiger partial charge in [0.05, 0.1) is 4.90 Å². The predicted octanol–water partition coefficient (Wildman–Crippen LogP) is 3.18. The van der Waals surface area contributed by atoms with Gasteiger partial charge in [-0.3, -0.25) is 4.79 Å². The van der Waals surface area contributed by atoms with Crippen LogP contribution >= 0.6 is 0 Å². The molecule has 0 bridgehead atoms. The number of nitrogens with zero attached hydrogens (tertiary/aromatic N) is 2. The van der Waals surface area contributed by atoms with Crippen molar-refractivity contribution < 1.29 is 17.7 Å². The zero-order valence-electron chi connectivity index (χ0n) is 15.5. The first-order valence-electron chi connectivity index (χ1n) is 9.16. The van der Waals surface area contributed by atoms with Crippen LogP contribution in [0, 0.1) is 12.8 Å². The molecular weight excluding hydrogens is 378 g/mol. The van der Waals surface area contributed by atoms with E-state index in [9.17, 15) is 13.2 Å². The van der Waals surface area contributed by atoms with Crippen molar-refractivity contribution in [2.75, 3.05) is 18.4 Å². The van der Waals surface area contributed by atoms with Crippen molar-refractivity contribution in [1.82, 2.24) is 9.46 Å². The third-order valence-electron chi connectivity index (χ3n) is 5.06. The maximum atomic E-state index is 13.0. The molecule has 0 atom stereocenters. The van der Waals surface area contributed by atoms with E-state index in [4.69, 9.17) is 4.52 Å². The number of hydrogen-bond donors (Lipinski definition) is 1. The van der Waals surface area contributed by atoms with E-state index >= 15 is 0 Å². The summed E-state index contributed by atoms with van der Waals surface area (Å²) >= 11 is 0. The highest BCUT2D eigenvalue weighted by Gasteiger charge is 2.32. The number of carbonyl (C=O) groups is 1. The zero-order chi connectivity index (χ0) is 19.7. The molecule has 28 heavy (non-hydrogen) atoms. The molecule has 0 radical (unpaired) electrons. The molecule has 2 aromatic carbocycles. The fraction of sp³-hybridized carbons (Fsp3) is 0.300. The van der Waals surface area contributed by atoms with E-state index in [1.54, 1.807) is 25.1 Å². The largest absolute Gasteiger partial charge is 0.360 e. The van der Waals surface area contributed by atoms with E-state index in [-0.39, 0.29) is 16.7 Å². The number of amides is 1. The van der Waals surface area contributed by atoms with Crippen molar-refractivity contribution in [1.29, 1.82) is 0 Å². The number of rotatable bonds is 4. The number of anilines is 1. The van der Waals surface area contributed by atoms with Crippen LogP contribution in [-0.4, -0.2) is 36.9 Å². The summed E-state index contributed by atoms with van der Waals surface area (Å²) in [6.07, 6.45) is 0.935. The van der Waals surface area contributed by atoms with Crippen LogP contribution in [0.2, 0.25) is 0 Å². The normalized spacial score (nSPS) is 16.3. The zero-order valence-corrected chi connectivity index (χ0v) is 16.3. The van der Waals surface area contributed by atoms with Crippen LogP contribution in [0.3, 0.4) is 0 Å². The van der Waals surface area contributed by atoms with Gasteiger partial charge in [0.25, 0.3) is 0 Å². The molecule has 1 saturated heterocycles. The minimum Gasteiger partial charge on any atom is -0.360 e. The van der Waals surface area contributed by atoms with Gasteiger partial charge in [-0.15, -0.1) is 0 Å². The Morgan fingerprint density at radius 2 is 1.82 bits per heavy atom. The molecule has 8 heteroatoms. The summed E-state index contributed by atoms with van der Waals surface area (Å²) in [5.41, 5.74) is 0. The molecular formula is C20H21N3O4S. The van der Waals surface area contributed by atoms with E-state index in [0.717, 1.165) is 10.8 Å². The lowest BCUT2D eigenvalue weighted by Crippen LogP contribution is -2.41.